The number of sulfone groups is 1. The molecule has 0 radical (unpaired) electrons. The van der Waals surface area contributed by atoms with E-state index in [4.69, 9.17) is 0 Å². The molecule has 0 bridgehead atoms. The van der Waals surface area contributed by atoms with Crippen molar-refractivity contribution < 1.29 is 26.4 Å². The van der Waals surface area contributed by atoms with Gasteiger partial charge in [0.15, 0.2) is 9.84 Å². The number of hydrogen-bond donors (Lipinski definition) is 0. The minimum absolute atomic E-state index is 0.00633. The van der Waals surface area contributed by atoms with E-state index in [1.54, 1.807) is 25.7 Å². The summed E-state index contributed by atoms with van der Waals surface area (Å²) in [5.41, 5.74) is -0.439. The highest BCUT2D eigenvalue weighted by atomic mass is 32.2. The molecule has 1 aromatic carbocycles. The lowest BCUT2D eigenvalue weighted by molar-refractivity contribution is -0.138. The predicted molar refractivity (Wildman–Crippen MR) is 98.0 cm³/mol. The van der Waals surface area contributed by atoms with Crippen LogP contribution >= 0.6 is 0 Å². The Morgan fingerprint density at radius 2 is 1.74 bits per heavy atom. The minimum atomic E-state index is -4.43. The van der Waals surface area contributed by atoms with Gasteiger partial charge < -0.3 is 4.90 Å². The number of amides is 1. The number of nitrogens with zero attached hydrogens (tertiary/aromatic N) is 1. The highest BCUT2D eigenvalue weighted by Gasteiger charge is 2.34. The highest BCUT2D eigenvalue weighted by molar-refractivity contribution is 7.92. The zero-order valence-corrected chi connectivity index (χ0v) is 16.7. The van der Waals surface area contributed by atoms with Gasteiger partial charge in [-0.1, -0.05) is 18.2 Å². The molecule has 0 aromatic heterocycles. The fourth-order valence-corrected chi connectivity index (χ4v) is 4.51. The number of hydrogen-bond acceptors (Lipinski definition) is 3. The number of piperidine rings is 1. The summed E-state index contributed by atoms with van der Waals surface area (Å²) in [6.07, 6.45) is -3.35. The Morgan fingerprint density at radius 3 is 2.26 bits per heavy atom. The van der Waals surface area contributed by atoms with Gasteiger partial charge in [-0.2, -0.15) is 13.2 Å². The largest absolute Gasteiger partial charge is 0.416 e. The maximum Gasteiger partial charge on any atom is 0.416 e. The Kier molecular flexibility index (Phi) is 6.29. The zero-order valence-electron chi connectivity index (χ0n) is 15.8. The molecule has 1 aliphatic rings. The standard InChI is InChI=1S/C19H26F3NO3S/c1-18(2,3)27(25,26)13-14-7-9-23(10-8-14)17(24)12-15-5-4-6-16(11-15)19(20,21)22/h4-6,11,14H,7-10,12-13H2,1-3H3. The second kappa shape index (κ2) is 7.81. The van der Waals surface area contributed by atoms with Crippen LogP contribution in [0.4, 0.5) is 13.2 Å². The van der Waals surface area contributed by atoms with Gasteiger partial charge in [0.2, 0.25) is 5.91 Å². The van der Waals surface area contributed by atoms with Gasteiger partial charge in [0.1, 0.15) is 0 Å². The number of likely N-dealkylation sites (tertiary alicyclic amines) is 1. The molecule has 152 valence electrons. The van der Waals surface area contributed by atoms with Gasteiger partial charge in [-0.15, -0.1) is 0 Å². The van der Waals surface area contributed by atoms with Crippen molar-refractivity contribution in [2.75, 3.05) is 18.8 Å². The fraction of sp³-hybridized carbons (Fsp3) is 0.632. The topological polar surface area (TPSA) is 54.5 Å². The van der Waals surface area contributed by atoms with E-state index < -0.39 is 26.3 Å². The van der Waals surface area contributed by atoms with Crippen molar-refractivity contribution in [3.05, 3.63) is 35.4 Å². The van der Waals surface area contributed by atoms with Gasteiger partial charge in [-0.25, -0.2) is 8.42 Å². The smallest absolute Gasteiger partial charge is 0.342 e. The number of benzene rings is 1. The summed E-state index contributed by atoms with van der Waals surface area (Å²) in [5.74, 6) is -0.120. The Balaban J connectivity index is 1.92. The van der Waals surface area contributed by atoms with E-state index >= 15 is 0 Å². The van der Waals surface area contributed by atoms with Crippen LogP contribution in [0.5, 0.6) is 0 Å². The number of carbonyl (C=O) groups excluding carboxylic acids is 1. The molecule has 1 heterocycles. The minimum Gasteiger partial charge on any atom is -0.342 e. The Hall–Kier alpha value is -1.57. The van der Waals surface area contributed by atoms with Crippen molar-refractivity contribution in [3.63, 3.8) is 0 Å². The molecule has 8 heteroatoms. The first-order valence-corrected chi connectivity index (χ1v) is 10.6. The summed E-state index contributed by atoms with van der Waals surface area (Å²) >= 11 is 0. The maximum absolute atomic E-state index is 12.8. The predicted octanol–water partition coefficient (Wildman–Crippen LogP) is 3.70. The van der Waals surface area contributed by atoms with Crippen LogP contribution in [0, 0.1) is 5.92 Å². The van der Waals surface area contributed by atoms with E-state index in [1.165, 1.54) is 12.1 Å². The van der Waals surface area contributed by atoms with Gasteiger partial charge in [0.05, 0.1) is 22.5 Å². The van der Waals surface area contributed by atoms with Crippen LogP contribution < -0.4 is 0 Å². The number of halogens is 3. The van der Waals surface area contributed by atoms with Crippen molar-refractivity contribution >= 4 is 15.7 Å². The van der Waals surface area contributed by atoms with Crippen molar-refractivity contribution in [1.82, 2.24) is 4.90 Å². The molecule has 1 aliphatic heterocycles. The molecule has 1 aromatic rings. The third kappa shape index (κ3) is 5.70. The van der Waals surface area contributed by atoms with Crippen molar-refractivity contribution in [3.8, 4) is 0 Å². The zero-order chi connectivity index (χ0) is 20.5. The van der Waals surface area contributed by atoms with E-state index in [9.17, 15) is 26.4 Å². The molecule has 4 nitrogen and oxygen atoms in total. The molecule has 1 amide bonds. The molecular weight excluding hydrogens is 379 g/mol. The van der Waals surface area contributed by atoms with Crippen LogP contribution in [0.3, 0.4) is 0 Å². The Bertz CT molecular complexity index is 774. The van der Waals surface area contributed by atoms with Gasteiger partial charge >= 0.3 is 6.18 Å². The Labute approximate surface area is 158 Å². The maximum atomic E-state index is 12.8. The van der Waals surface area contributed by atoms with Crippen molar-refractivity contribution in [2.45, 2.75) is 51.0 Å². The molecular formula is C19H26F3NO3S. The van der Waals surface area contributed by atoms with Crippen LogP contribution in [0.15, 0.2) is 24.3 Å². The molecule has 0 spiro atoms. The van der Waals surface area contributed by atoms with Crippen LogP contribution in [0.25, 0.3) is 0 Å². The molecule has 0 N–H and O–H groups in total. The van der Waals surface area contributed by atoms with Gasteiger partial charge in [-0.3, -0.25) is 4.79 Å². The second-order valence-corrected chi connectivity index (χ2v) is 10.9. The molecule has 1 fully saturated rings. The summed E-state index contributed by atoms with van der Waals surface area (Å²) < 4.78 is 62.2. The van der Waals surface area contributed by atoms with Gasteiger partial charge in [-0.05, 0) is 51.2 Å². The summed E-state index contributed by atoms with van der Waals surface area (Å²) in [5, 5.41) is 0. The summed E-state index contributed by atoms with van der Waals surface area (Å²) in [4.78, 5) is 14.0. The molecule has 2 rings (SSSR count). The molecule has 0 aliphatic carbocycles. The van der Waals surface area contributed by atoms with E-state index in [2.05, 4.69) is 0 Å². The van der Waals surface area contributed by atoms with Crippen LogP contribution in [-0.4, -0.2) is 42.8 Å². The highest BCUT2D eigenvalue weighted by Crippen LogP contribution is 2.30. The molecule has 0 saturated carbocycles. The summed E-state index contributed by atoms with van der Waals surface area (Å²) in [7, 11) is -3.21. The molecule has 1 saturated heterocycles. The first-order valence-electron chi connectivity index (χ1n) is 8.96. The third-order valence-corrected chi connectivity index (χ3v) is 7.74. The van der Waals surface area contributed by atoms with E-state index in [0.29, 0.717) is 31.5 Å². The third-order valence-electron chi connectivity index (χ3n) is 4.97. The normalized spacial score (nSPS) is 17.2. The van der Waals surface area contributed by atoms with Crippen LogP contribution in [0.1, 0.15) is 44.7 Å². The number of carbonyl (C=O) groups is 1. The number of rotatable bonds is 4. The lowest BCUT2D eigenvalue weighted by atomic mass is 9.98. The monoisotopic (exact) mass is 405 g/mol. The summed E-state index contributed by atoms with van der Waals surface area (Å²) in [6, 6.07) is 4.79. The average molecular weight is 405 g/mol. The van der Waals surface area contributed by atoms with Crippen molar-refractivity contribution in [1.29, 1.82) is 0 Å². The molecule has 0 unspecified atom stereocenters. The van der Waals surface area contributed by atoms with E-state index in [-0.39, 0.29) is 24.0 Å². The SMILES string of the molecule is CC(C)(C)S(=O)(=O)CC1CCN(C(=O)Cc2cccc(C(F)(F)F)c2)CC1. The van der Waals surface area contributed by atoms with Gasteiger partial charge in [0, 0.05) is 13.1 Å². The quantitative estimate of drug-likeness (QED) is 0.768. The van der Waals surface area contributed by atoms with Crippen LogP contribution in [-0.2, 0) is 27.2 Å². The fourth-order valence-electron chi connectivity index (χ4n) is 3.05. The molecule has 27 heavy (non-hydrogen) atoms. The van der Waals surface area contributed by atoms with E-state index in [0.717, 1.165) is 12.1 Å². The van der Waals surface area contributed by atoms with E-state index in [1.807, 2.05) is 0 Å². The van der Waals surface area contributed by atoms with Crippen LogP contribution in [0.2, 0.25) is 0 Å². The number of alkyl halides is 3. The Morgan fingerprint density at radius 1 is 1.15 bits per heavy atom. The van der Waals surface area contributed by atoms with Crippen molar-refractivity contribution in [2.24, 2.45) is 5.92 Å². The second-order valence-electron chi connectivity index (χ2n) is 8.09. The first-order chi connectivity index (χ1) is 12.3. The van der Waals surface area contributed by atoms with Gasteiger partial charge in [0.25, 0.3) is 0 Å². The first kappa shape index (κ1) is 21.7. The lowest BCUT2D eigenvalue weighted by Gasteiger charge is -2.33. The summed E-state index contributed by atoms with van der Waals surface area (Å²) in [6.45, 7) is 5.90. The average Bonchev–Trinajstić information content (AvgIpc) is 2.53. The lowest BCUT2D eigenvalue weighted by Crippen LogP contribution is -2.42. The molecule has 0 atom stereocenters.